The van der Waals surface area contributed by atoms with Crippen LogP contribution < -0.4 is 5.32 Å². The Kier molecular flexibility index (Phi) is 10.5. The average Bonchev–Trinajstić information content (AvgIpc) is 2.98. The molecule has 2 aliphatic rings. The molecule has 1 N–H and O–H groups in total. The van der Waals surface area contributed by atoms with Crippen LogP contribution in [-0.2, 0) is 0 Å². The van der Waals surface area contributed by atoms with Crippen LogP contribution in [0.15, 0.2) is 36.6 Å². The summed E-state index contributed by atoms with van der Waals surface area (Å²) in [5.74, 6) is 0.883. The van der Waals surface area contributed by atoms with E-state index in [0.29, 0.717) is 0 Å². The fraction of sp³-hybridized carbons (Fsp3) is 0.643. The topological polar surface area (TPSA) is 12.0 Å². The van der Waals surface area contributed by atoms with Crippen LogP contribution in [0.3, 0.4) is 0 Å². The van der Waals surface area contributed by atoms with Crippen molar-refractivity contribution in [3.63, 3.8) is 0 Å². The lowest BCUT2D eigenvalue weighted by Crippen LogP contribution is -2.23. The molecule has 0 unspecified atom stereocenters. The molecule has 30 heavy (non-hydrogen) atoms. The normalized spacial score (nSPS) is 19.2. The molecule has 1 aromatic carbocycles. The van der Waals surface area contributed by atoms with E-state index in [1.165, 1.54) is 76.2 Å². The number of hydrogen-bond donors (Lipinski definition) is 1. The van der Waals surface area contributed by atoms with E-state index in [0.717, 1.165) is 39.7 Å². The maximum atomic E-state index is 6.41. The van der Waals surface area contributed by atoms with Crippen molar-refractivity contribution >= 4 is 17.2 Å². The SMILES string of the molecule is C=C(NCCC1CCCCCC1)/C(=C/C)c1c(C)cccc1Cl.CCC1(C)CCC1. The summed E-state index contributed by atoms with van der Waals surface area (Å²) in [6, 6.07) is 6.05. The highest BCUT2D eigenvalue weighted by Crippen LogP contribution is 2.42. The summed E-state index contributed by atoms with van der Waals surface area (Å²) in [6.45, 7) is 14.1. The van der Waals surface area contributed by atoms with Crippen LogP contribution in [0.1, 0.15) is 103 Å². The molecule has 2 aliphatic carbocycles. The Morgan fingerprint density at radius 1 is 1.17 bits per heavy atom. The van der Waals surface area contributed by atoms with E-state index in [1.54, 1.807) is 0 Å². The molecule has 0 aliphatic heterocycles. The van der Waals surface area contributed by atoms with Gasteiger partial charge in [-0.15, -0.1) is 0 Å². The van der Waals surface area contributed by atoms with E-state index in [4.69, 9.17) is 11.6 Å². The van der Waals surface area contributed by atoms with Crippen molar-refractivity contribution in [2.75, 3.05) is 6.54 Å². The summed E-state index contributed by atoms with van der Waals surface area (Å²) >= 11 is 6.41. The van der Waals surface area contributed by atoms with Gasteiger partial charge in [0.2, 0.25) is 0 Å². The largest absolute Gasteiger partial charge is 0.385 e. The van der Waals surface area contributed by atoms with Gasteiger partial charge in [0.05, 0.1) is 0 Å². The molecule has 0 aromatic heterocycles. The van der Waals surface area contributed by atoms with Crippen LogP contribution in [-0.4, -0.2) is 6.54 Å². The van der Waals surface area contributed by atoms with Gasteiger partial charge < -0.3 is 5.32 Å². The highest BCUT2D eigenvalue weighted by Gasteiger charge is 2.28. The fourth-order valence-electron chi connectivity index (χ4n) is 4.75. The molecule has 0 radical (unpaired) electrons. The smallest absolute Gasteiger partial charge is 0.0487 e. The third-order valence-electron chi connectivity index (χ3n) is 7.39. The fourth-order valence-corrected chi connectivity index (χ4v) is 5.07. The molecular formula is C28H44ClN. The summed E-state index contributed by atoms with van der Waals surface area (Å²) in [7, 11) is 0. The number of allylic oxidation sites excluding steroid dienone is 2. The number of rotatable bonds is 7. The summed E-state index contributed by atoms with van der Waals surface area (Å²) in [5.41, 5.74) is 5.16. The Hall–Kier alpha value is -1.21. The molecule has 0 saturated heterocycles. The van der Waals surface area contributed by atoms with Gasteiger partial charge in [-0.05, 0) is 56.1 Å². The van der Waals surface area contributed by atoms with E-state index < -0.39 is 0 Å². The zero-order chi connectivity index (χ0) is 22.0. The van der Waals surface area contributed by atoms with E-state index in [1.807, 2.05) is 12.1 Å². The molecule has 0 bridgehead atoms. The number of hydrogen-bond acceptors (Lipinski definition) is 1. The molecular weight excluding hydrogens is 386 g/mol. The van der Waals surface area contributed by atoms with Crippen molar-refractivity contribution in [3.8, 4) is 0 Å². The van der Waals surface area contributed by atoms with E-state index in [-0.39, 0.29) is 0 Å². The second-order valence-corrected chi connectivity index (χ2v) is 10.1. The van der Waals surface area contributed by atoms with Gasteiger partial charge >= 0.3 is 0 Å². The van der Waals surface area contributed by atoms with Crippen LogP contribution in [0.4, 0.5) is 0 Å². The van der Waals surface area contributed by atoms with Crippen LogP contribution in [0.5, 0.6) is 0 Å². The molecule has 0 atom stereocenters. The molecule has 1 aromatic rings. The number of aryl methyl sites for hydroxylation is 1. The first kappa shape index (κ1) is 25.1. The molecule has 2 heteroatoms. The van der Waals surface area contributed by atoms with Gasteiger partial charge in [-0.1, -0.05) is 102 Å². The predicted octanol–water partition coefficient (Wildman–Crippen LogP) is 9.10. The second kappa shape index (κ2) is 12.6. The Bertz CT molecular complexity index is 665. The quantitative estimate of drug-likeness (QED) is 0.336. The Morgan fingerprint density at radius 2 is 1.83 bits per heavy atom. The minimum Gasteiger partial charge on any atom is -0.385 e. The van der Waals surface area contributed by atoms with Gasteiger partial charge in [0.25, 0.3) is 0 Å². The predicted molar refractivity (Wildman–Crippen MR) is 135 cm³/mol. The summed E-state index contributed by atoms with van der Waals surface area (Å²) < 4.78 is 0. The minimum absolute atomic E-state index is 0.764. The first-order chi connectivity index (χ1) is 14.4. The zero-order valence-electron chi connectivity index (χ0n) is 20.0. The third-order valence-corrected chi connectivity index (χ3v) is 7.70. The summed E-state index contributed by atoms with van der Waals surface area (Å²) in [5, 5.41) is 4.33. The van der Waals surface area contributed by atoms with Crippen molar-refractivity contribution < 1.29 is 0 Å². The summed E-state index contributed by atoms with van der Waals surface area (Å²) in [4.78, 5) is 0. The lowest BCUT2D eigenvalue weighted by Gasteiger charge is -2.37. The maximum Gasteiger partial charge on any atom is 0.0487 e. The molecule has 0 spiro atoms. The van der Waals surface area contributed by atoms with Crippen LogP contribution in [0.2, 0.25) is 5.02 Å². The van der Waals surface area contributed by atoms with Gasteiger partial charge in [0.15, 0.2) is 0 Å². The Labute approximate surface area is 191 Å². The van der Waals surface area contributed by atoms with Gasteiger partial charge in [0.1, 0.15) is 0 Å². The molecule has 2 saturated carbocycles. The second-order valence-electron chi connectivity index (χ2n) is 9.70. The first-order valence-electron chi connectivity index (χ1n) is 12.2. The number of benzene rings is 1. The lowest BCUT2D eigenvalue weighted by molar-refractivity contribution is 0.155. The molecule has 3 rings (SSSR count). The molecule has 0 heterocycles. The van der Waals surface area contributed by atoms with Crippen molar-refractivity contribution in [1.29, 1.82) is 0 Å². The van der Waals surface area contributed by atoms with Crippen LogP contribution in [0.25, 0.3) is 5.57 Å². The Morgan fingerprint density at radius 3 is 2.30 bits per heavy atom. The van der Waals surface area contributed by atoms with E-state index >= 15 is 0 Å². The number of nitrogens with one attached hydrogen (secondary N) is 1. The average molecular weight is 430 g/mol. The Balaban J connectivity index is 0.000000386. The molecule has 2 fully saturated rings. The minimum atomic E-state index is 0.764. The van der Waals surface area contributed by atoms with E-state index in [9.17, 15) is 0 Å². The van der Waals surface area contributed by atoms with Gasteiger partial charge in [-0.25, -0.2) is 0 Å². The molecule has 1 nitrogen and oxygen atoms in total. The molecule has 0 amide bonds. The van der Waals surface area contributed by atoms with Crippen LogP contribution >= 0.6 is 11.6 Å². The highest BCUT2D eigenvalue weighted by atomic mass is 35.5. The van der Waals surface area contributed by atoms with Crippen molar-refractivity contribution in [3.05, 3.63) is 52.7 Å². The van der Waals surface area contributed by atoms with E-state index in [2.05, 4.69) is 51.7 Å². The van der Waals surface area contributed by atoms with Crippen molar-refractivity contribution in [2.24, 2.45) is 11.3 Å². The molecule has 168 valence electrons. The van der Waals surface area contributed by atoms with Crippen LogP contribution in [0, 0.1) is 18.3 Å². The monoisotopic (exact) mass is 429 g/mol. The lowest BCUT2D eigenvalue weighted by atomic mass is 9.69. The first-order valence-corrected chi connectivity index (χ1v) is 12.6. The number of halogens is 1. The standard InChI is InChI=1S/C21H30ClN.C7H14/c1-4-19(21-16(2)10-9-13-20(21)22)17(3)23-15-14-18-11-7-5-6-8-12-18;1-3-7(2)5-4-6-7/h4,9-10,13,18,23H,3,5-8,11-12,14-15H2,1-2H3;3-6H2,1-2H3/b19-4-;. The zero-order valence-corrected chi connectivity index (χ0v) is 20.7. The van der Waals surface area contributed by atoms with Crippen molar-refractivity contribution in [2.45, 2.75) is 98.3 Å². The maximum absolute atomic E-state index is 6.41. The van der Waals surface area contributed by atoms with Gasteiger partial charge in [0, 0.05) is 28.4 Å². The van der Waals surface area contributed by atoms with Gasteiger partial charge in [-0.3, -0.25) is 0 Å². The highest BCUT2D eigenvalue weighted by molar-refractivity contribution is 6.32. The van der Waals surface area contributed by atoms with Gasteiger partial charge in [-0.2, -0.15) is 0 Å². The summed E-state index contributed by atoms with van der Waals surface area (Å²) in [6.07, 6.45) is 17.6. The van der Waals surface area contributed by atoms with Crippen molar-refractivity contribution in [1.82, 2.24) is 5.32 Å². The third kappa shape index (κ3) is 7.49.